The Morgan fingerprint density at radius 3 is 2.28 bits per heavy atom. The highest BCUT2D eigenvalue weighted by Gasteiger charge is 2.23. The third kappa shape index (κ3) is 5.35. The van der Waals surface area contributed by atoms with Gasteiger partial charge < -0.3 is 5.32 Å². The summed E-state index contributed by atoms with van der Waals surface area (Å²) in [6.45, 7) is 4.07. The summed E-state index contributed by atoms with van der Waals surface area (Å²) >= 11 is 5.23. The maximum absolute atomic E-state index is 13.1. The molecule has 0 aromatic heterocycles. The van der Waals surface area contributed by atoms with Crippen LogP contribution in [0.3, 0.4) is 0 Å². The largest absolute Gasteiger partial charge is 0.332 e. The fourth-order valence-corrected chi connectivity index (χ4v) is 4.83. The first-order valence-electron chi connectivity index (χ1n) is 10.1. The van der Waals surface area contributed by atoms with Crippen molar-refractivity contribution in [2.75, 3.05) is 16.2 Å². The van der Waals surface area contributed by atoms with Gasteiger partial charge in [-0.1, -0.05) is 41.4 Å². The van der Waals surface area contributed by atoms with Gasteiger partial charge in [-0.3, -0.25) is 14.4 Å². The Balaban J connectivity index is 1.69. The average molecular weight is 465 g/mol. The van der Waals surface area contributed by atoms with Crippen LogP contribution in [0.2, 0.25) is 0 Å². The predicted octanol–water partition coefficient (Wildman–Crippen LogP) is 2.60. The van der Waals surface area contributed by atoms with Crippen molar-refractivity contribution in [1.29, 1.82) is 0 Å². The van der Waals surface area contributed by atoms with Crippen molar-refractivity contribution in [3.8, 4) is 0 Å². The Kier molecular flexibility index (Phi) is 7.32. The lowest BCUT2D eigenvalue weighted by molar-refractivity contribution is 0.0978. The molecular weight excluding hydrogens is 441 g/mol. The van der Waals surface area contributed by atoms with Crippen molar-refractivity contribution < 1.29 is 13.2 Å². The molecule has 0 aliphatic carbocycles. The van der Waals surface area contributed by atoms with E-state index in [0.717, 1.165) is 11.0 Å². The molecule has 0 saturated carbocycles. The number of nitrogens with one attached hydrogen (secondary N) is 2. The van der Waals surface area contributed by atoms with E-state index in [2.05, 4.69) is 10.6 Å². The Hall–Kier alpha value is -3.17. The summed E-state index contributed by atoms with van der Waals surface area (Å²) in [5, 5.41) is 5.68. The van der Waals surface area contributed by atoms with Gasteiger partial charge in [-0.2, -0.15) is 0 Å². The number of amides is 1. The van der Waals surface area contributed by atoms with Gasteiger partial charge in [0.1, 0.15) is 7.85 Å². The lowest BCUT2D eigenvalue weighted by Crippen LogP contribution is -2.34. The highest BCUT2D eigenvalue weighted by Crippen LogP contribution is 2.24. The number of carbonyl (C=O) groups excluding carboxylic acids is 1. The number of carbonyl (C=O) groups is 1. The van der Waals surface area contributed by atoms with Crippen LogP contribution in [0, 0.1) is 6.92 Å². The fourth-order valence-electron chi connectivity index (χ4n) is 3.14. The van der Waals surface area contributed by atoms with Crippen molar-refractivity contribution in [1.82, 2.24) is 5.32 Å². The van der Waals surface area contributed by atoms with Crippen molar-refractivity contribution in [3.63, 3.8) is 0 Å². The van der Waals surface area contributed by atoms with Gasteiger partial charge in [0.25, 0.3) is 15.9 Å². The molecule has 0 fully saturated rings. The Bertz CT molecular complexity index is 1230. The zero-order valence-corrected chi connectivity index (χ0v) is 19.8. The van der Waals surface area contributed by atoms with Crippen molar-refractivity contribution in [2.45, 2.75) is 18.7 Å². The molecule has 164 valence electrons. The molecule has 0 bridgehead atoms. The molecule has 3 rings (SSSR count). The molecule has 0 spiro atoms. The Labute approximate surface area is 195 Å². The van der Waals surface area contributed by atoms with E-state index >= 15 is 0 Å². The van der Waals surface area contributed by atoms with E-state index in [-0.39, 0.29) is 15.9 Å². The molecule has 0 unspecified atom stereocenters. The number of rotatable bonds is 6. The first-order valence-corrected chi connectivity index (χ1v) is 11.9. The third-order valence-electron chi connectivity index (χ3n) is 5.03. The molecule has 3 aromatic carbocycles. The van der Waals surface area contributed by atoms with Crippen LogP contribution >= 0.6 is 12.2 Å². The zero-order valence-electron chi connectivity index (χ0n) is 18.1. The molecule has 0 radical (unpaired) electrons. The number of aryl methyl sites for hydroxylation is 1. The lowest BCUT2D eigenvalue weighted by atomic mass is 9.89. The molecule has 1 amide bonds. The number of sulfonamides is 1. The van der Waals surface area contributed by atoms with Crippen LogP contribution in [0.15, 0.2) is 77.7 Å². The van der Waals surface area contributed by atoms with E-state index in [9.17, 15) is 13.2 Å². The van der Waals surface area contributed by atoms with E-state index in [1.165, 1.54) is 16.4 Å². The normalized spacial score (nSPS) is 10.9. The SMILES string of the molecule is Bc1cc(C(=O)NC(=S)Nc2ccc(S(=O)(=O)N(CC)c3ccccc3)cc2)ccc1C. The number of anilines is 2. The second kappa shape index (κ2) is 9.97. The number of para-hydroxylation sites is 1. The molecule has 0 aliphatic heterocycles. The Morgan fingerprint density at radius 2 is 1.69 bits per heavy atom. The fraction of sp³-hybridized carbons (Fsp3) is 0.130. The van der Waals surface area contributed by atoms with Gasteiger partial charge in [-0.05, 0) is 68.5 Å². The quantitative estimate of drug-likeness (QED) is 0.432. The number of thiocarbonyl (C=S) groups is 1. The predicted molar refractivity (Wildman–Crippen MR) is 136 cm³/mol. The van der Waals surface area contributed by atoms with Crippen molar-refractivity contribution >= 4 is 57.9 Å². The second-order valence-corrected chi connectivity index (χ2v) is 9.51. The zero-order chi connectivity index (χ0) is 23.3. The maximum atomic E-state index is 13.1. The minimum Gasteiger partial charge on any atom is -0.332 e. The first-order chi connectivity index (χ1) is 15.2. The lowest BCUT2D eigenvalue weighted by Gasteiger charge is -2.23. The van der Waals surface area contributed by atoms with E-state index < -0.39 is 10.0 Å². The van der Waals surface area contributed by atoms with E-state index in [4.69, 9.17) is 12.2 Å². The highest BCUT2D eigenvalue weighted by atomic mass is 32.2. The van der Waals surface area contributed by atoms with Crippen LogP contribution in [0.1, 0.15) is 22.8 Å². The van der Waals surface area contributed by atoms with Gasteiger partial charge in [0.2, 0.25) is 0 Å². The van der Waals surface area contributed by atoms with Crippen molar-refractivity contribution in [2.24, 2.45) is 0 Å². The summed E-state index contributed by atoms with van der Waals surface area (Å²) in [4.78, 5) is 12.6. The maximum Gasteiger partial charge on any atom is 0.264 e. The number of nitrogens with zero attached hydrogens (tertiary/aromatic N) is 1. The smallest absolute Gasteiger partial charge is 0.264 e. The topological polar surface area (TPSA) is 78.5 Å². The molecule has 0 heterocycles. The van der Waals surface area contributed by atoms with Crippen LogP contribution in [-0.4, -0.2) is 33.8 Å². The molecule has 9 heteroatoms. The minimum atomic E-state index is -3.71. The van der Waals surface area contributed by atoms with Gasteiger partial charge >= 0.3 is 0 Å². The summed E-state index contributed by atoms with van der Waals surface area (Å²) < 4.78 is 27.5. The minimum absolute atomic E-state index is 0.128. The summed E-state index contributed by atoms with van der Waals surface area (Å²) in [6.07, 6.45) is 0. The van der Waals surface area contributed by atoms with Crippen LogP contribution in [0.5, 0.6) is 0 Å². The van der Waals surface area contributed by atoms with Crippen LogP contribution in [0.25, 0.3) is 0 Å². The average Bonchev–Trinajstić information content (AvgIpc) is 2.77. The summed E-state index contributed by atoms with van der Waals surface area (Å²) in [5.41, 5.74) is 3.81. The number of hydrogen-bond donors (Lipinski definition) is 2. The van der Waals surface area contributed by atoms with Gasteiger partial charge in [0, 0.05) is 17.8 Å². The summed E-state index contributed by atoms with van der Waals surface area (Å²) in [7, 11) is -1.77. The highest BCUT2D eigenvalue weighted by molar-refractivity contribution is 7.92. The van der Waals surface area contributed by atoms with Crippen molar-refractivity contribution in [3.05, 3.63) is 83.9 Å². The van der Waals surface area contributed by atoms with Gasteiger partial charge in [-0.15, -0.1) is 0 Å². The molecule has 0 saturated heterocycles. The molecule has 32 heavy (non-hydrogen) atoms. The Morgan fingerprint density at radius 1 is 1.03 bits per heavy atom. The number of benzene rings is 3. The van der Waals surface area contributed by atoms with Crippen LogP contribution in [0.4, 0.5) is 11.4 Å². The van der Waals surface area contributed by atoms with E-state index in [1.54, 1.807) is 55.5 Å². The van der Waals surface area contributed by atoms with Crippen LogP contribution in [-0.2, 0) is 10.0 Å². The monoisotopic (exact) mass is 465 g/mol. The second-order valence-electron chi connectivity index (χ2n) is 7.24. The van der Waals surface area contributed by atoms with Gasteiger partial charge in [-0.25, -0.2) is 8.42 Å². The van der Waals surface area contributed by atoms with E-state index in [1.807, 2.05) is 26.9 Å². The molecule has 0 aliphatic rings. The van der Waals surface area contributed by atoms with Gasteiger partial charge in [0.05, 0.1) is 10.6 Å². The van der Waals surface area contributed by atoms with E-state index in [0.29, 0.717) is 23.5 Å². The molecule has 6 nitrogen and oxygen atoms in total. The molecular formula is C23H24BN3O3S2. The summed E-state index contributed by atoms with van der Waals surface area (Å²) in [6, 6.07) is 20.6. The molecule has 0 atom stereocenters. The third-order valence-corrected chi connectivity index (χ3v) is 7.15. The molecule has 2 N–H and O–H groups in total. The van der Waals surface area contributed by atoms with Gasteiger partial charge in [0.15, 0.2) is 5.11 Å². The first kappa shape index (κ1) is 23.5. The molecule has 3 aromatic rings. The number of hydrogen-bond acceptors (Lipinski definition) is 4. The standard InChI is InChI=1S/C23H24BN3O3S2/c1-3-27(19-7-5-4-6-8-19)32(29,30)20-13-11-18(12-14-20)25-23(31)26-22(28)17-10-9-16(2)21(24)15-17/h4-15H,3,24H2,1-2H3,(H2,25,26,28,31). The summed E-state index contributed by atoms with van der Waals surface area (Å²) in [5.74, 6) is -0.314. The van der Waals surface area contributed by atoms with Crippen LogP contribution < -0.4 is 20.4 Å².